The van der Waals surface area contributed by atoms with Crippen molar-refractivity contribution in [1.82, 2.24) is 9.80 Å². The van der Waals surface area contributed by atoms with Crippen molar-refractivity contribution >= 4 is 35.8 Å². The highest BCUT2D eigenvalue weighted by molar-refractivity contribution is 6.33. The summed E-state index contributed by atoms with van der Waals surface area (Å²) in [5, 5.41) is 0.0917. The van der Waals surface area contributed by atoms with Crippen LogP contribution in [-0.4, -0.2) is 53.8 Å². The highest BCUT2D eigenvalue weighted by Gasteiger charge is 2.28. The van der Waals surface area contributed by atoms with Crippen molar-refractivity contribution in [3.05, 3.63) is 34.6 Å². The zero-order chi connectivity index (χ0) is 15.6. The molecular formula is C14H18Cl2FN3O2. The lowest BCUT2D eigenvalue weighted by Crippen LogP contribution is -2.53. The van der Waals surface area contributed by atoms with Crippen molar-refractivity contribution in [2.45, 2.75) is 13.0 Å². The Labute approximate surface area is 139 Å². The molecule has 2 N–H and O–H groups in total. The maximum atomic E-state index is 13.8. The van der Waals surface area contributed by atoms with E-state index >= 15 is 0 Å². The SMILES string of the molecule is C[C@H](N)C(=O)N1CCN(C(=O)c2c(F)cccc2Cl)CC1.Cl. The normalized spacial score (nSPS) is 16.0. The van der Waals surface area contributed by atoms with Crippen molar-refractivity contribution in [1.29, 1.82) is 0 Å². The van der Waals surface area contributed by atoms with Crippen LogP contribution in [0.25, 0.3) is 0 Å². The van der Waals surface area contributed by atoms with Crippen LogP contribution in [0.4, 0.5) is 4.39 Å². The smallest absolute Gasteiger partial charge is 0.258 e. The summed E-state index contributed by atoms with van der Waals surface area (Å²) in [7, 11) is 0. The molecule has 1 aliphatic heterocycles. The van der Waals surface area contributed by atoms with Crippen LogP contribution in [0, 0.1) is 5.82 Å². The van der Waals surface area contributed by atoms with Gasteiger partial charge in [0.15, 0.2) is 0 Å². The van der Waals surface area contributed by atoms with E-state index in [0.717, 1.165) is 0 Å². The molecule has 2 amide bonds. The molecule has 0 radical (unpaired) electrons. The first-order valence-corrected chi connectivity index (χ1v) is 7.07. The molecule has 1 saturated heterocycles. The van der Waals surface area contributed by atoms with Gasteiger partial charge in [0.25, 0.3) is 5.91 Å². The number of benzene rings is 1. The van der Waals surface area contributed by atoms with Gasteiger partial charge in [-0.05, 0) is 19.1 Å². The first kappa shape index (κ1) is 18.7. The Morgan fingerprint density at radius 2 is 1.77 bits per heavy atom. The Balaban J connectivity index is 0.00000242. The van der Waals surface area contributed by atoms with E-state index in [4.69, 9.17) is 17.3 Å². The van der Waals surface area contributed by atoms with Crippen molar-refractivity contribution in [3.8, 4) is 0 Å². The summed E-state index contributed by atoms with van der Waals surface area (Å²) in [6, 6.07) is 3.57. The van der Waals surface area contributed by atoms with E-state index in [2.05, 4.69) is 0 Å². The summed E-state index contributed by atoms with van der Waals surface area (Å²) in [5.41, 5.74) is 5.43. The molecule has 0 aliphatic carbocycles. The van der Waals surface area contributed by atoms with Crippen LogP contribution in [0.1, 0.15) is 17.3 Å². The van der Waals surface area contributed by atoms with Gasteiger partial charge in [0.05, 0.1) is 16.6 Å². The summed E-state index contributed by atoms with van der Waals surface area (Å²) in [5.74, 6) is -1.24. The second-order valence-electron chi connectivity index (χ2n) is 5.00. The molecule has 122 valence electrons. The zero-order valence-corrected chi connectivity index (χ0v) is 13.7. The summed E-state index contributed by atoms with van der Waals surface area (Å²) in [4.78, 5) is 27.2. The number of hydrogen-bond donors (Lipinski definition) is 1. The van der Waals surface area contributed by atoms with Gasteiger partial charge in [-0.15, -0.1) is 12.4 Å². The van der Waals surface area contributed by atoms with E-state index < -0.39 is 17.8 Å². The Bertz CT molecular complexity index is 541. The molecule has 1 fully saturated rings. The highest BCUT2D eigenvalue weighted by Crippen LogP contribution is 2.21. The van der Waals surface area contributed by atoms with Gasteiger partial charge >= 0.3 is 0 Å². The molecular weight excluding hydrogens is 332 g/mol. The minimum atomic E-state index is -0.637. The molecule has 1 atom stereocenters. The van der Waals surface area contributed by atoms with Crippen LogP contribution in [0.15, 0.2) is 18.2 Å². The Morgan fingerprint density at radius 1 is 1.23 bits per heavy atom. The summed E-state index contributed by atoms with van der Waals surface area (Å²) in [6.45, 7) is 3.07. The van der Waals surface area contributed by atoms with E-state index in [1.165, 1.54) is 23.1 Å². The number of halogens is 3. The average Bonchev–Trinajstić information content (AvgIpc) is 2.46. The lowest BCUT2D eigenvalue weighted by atomic mass is 10.1. The van der Waals surface area contributed by atoms with Crippen molar-refractivity contribution in [2.75, 3.05) is 26.2 Å². The quantitative estimate of drug-likeness (QED) is 0.880. The van der Waals surface area contributed by atoms with Gasteiger partial charge < -0.3 is 15.5 Å². The predicted octanol–water partition coefficient (Wildman–Crippen LogP) is 1.53. The Morgan fingerprint density at radius 3 is 2.27 bits per heavy atom. The Kier molecular flexibility index (Phi) is 6.59. The molecule has 1 heterocycles. The first-order valence-electron chi connectivity index (χ1n) is 6.69. The standard InChI is InChI=1S/C14H17ClFN3O2.ClH/c1-9(17)13(20)18-5-7-19(8-6-18)14(21)12-10(15)3-2-4-11(12)16;/h2-4,9H,5-8,17H2,1H3;1H/t9-;/m0./s1. The molecule has 0 unspecified atom stereocenters. The zero-order valence-electron chi connectivity index (χ0n) is 12.1. The van der Waals surface area contributed by atoms with Gasteiger partial charge in [0, 0.05) is 26.2 Å². The number of carbonyl (C=O) groups excluding carboxylic acids is 2. The van der Waals surface area contributed by atoms with Crippen LogP contribution in [0.5, 0.6) is 0 Å². The molecule has 2 rings (SSSR count). The number of piperazine rings is 1. The Hall–Kier alpha value is -1.37. The van der Waals surface area contributed by atoms with Crippen molar-refractivity contribution in [3.63, 3.8) is 0 Å². The monoisotopic (exact) mass is 349 g/mol. The highest BCUT2D eigenvalue weighted by atomic mass is 35.5. The maximum absolute atomic E-state index is 13.8. The lowest BCUT2D eigenvalue weighted by Gasteiger charge is -2.35. The molecule has 0 saturated carbocycles. The van der Waals surface area contributed by atoms with E-state index in [1.54, 1.807) is 11.8 Å². The van der Waals surface area contributed by atoms with Gasteiger partial charge in [-0.2, -0.15) is 0 Å². The van der Waals surface area contributed by atoms with Gasteiger partial charge in [0.2, 0.25) is 5.91 Å². The topological polar surface area (TPSA) is 66.6 Å². The number of rotatable bonds is 2. The largest absolute Gasteiger partial charge is 0.338 e. The molecule has 1 aromatic rings. The van der Waals surface area contributed by atoms with Crippen LogP contribution < -0.4 is 5.73 Å². The molecule has 0 aromatic heterocycles. The molecule has 1 aromatic carbocycles. The average molecular weight is 350 g/mol. The fourth-order valence-electron chi connectivity index (χ4n) is 2.28. The minimum Gasteiger partial charge on any atom is -0.338 e. The summed E-state index contributed by atoms with van der Waals surface area (Å²) < 4.78 is 13.8. The third-order valence-corrected chi connectivity index (χ3v) is 3.76. The van der Waals surface area contributed by atoms with Crippen LogP contribution in [0.3, 0.4) is 0 Å². The van der Waals surface area contributed by atoms with Crippen LogP contribution in [0.2, 0.25) is 5.02 Å². The number of hydrogen-bond acceptors (Lipinski definition) is 3. The molecule has 1 aliphatic rings. The van der Waals surface area contributed by atoms with E-state index in [-0.39, 0.29) is 28.9 Å². The number of nitrogens with zero attached hydrogens (tertiary/aromatic N) is 2. The van der Waals surface area contributed by atoms with Crippen LogP contribution in [-0.2, 0) is 4.79 Å². The fraction of sp³-hybridized carbons (Fsp3) is 0.429. The number of amides is 2. The fourth-order valence-corrected chi connectivity index (χ4v) is 2.52. The van der Waals surface area contributed by atoms with Crippen molar-refractivity contribution in [2.24, 2.45) is 5.73 Å². The summed E-state index contributed by atoms with van der Waals surface area (Å²) >= 11 is 5.90. The minimum absolute atomic E-state index is 0. The second kappa shape index (κ2) is 7.76. The van der Waals surface area contributed by atoms with Gasteiger partial charge in [-0.3, -0.25) is 9.59 Å². The molecule has 0 spiro atoms. The van der Waals surface area contributed by atoms with Gasteiger partial charge in [0.1, 0.15) is 5.82 Å². The van der Waals surface area contributed by atoms with Crippen LogP contribution >= 0.6 is 24.0 Å². The van der Waals surface area contributed by atoms with E-state index in [1.807, 2.05) is 0 Å². The van der Waals surface area contributed by atoms with E-state index in [9.17, 15) is 14.0 Å². The first-order chi connectivity index (χ1) is 9.91. The third-order valence-electron chi connectivity index (χ3n) is 3.44. The molecule has 5 nitrogen and oxygen atoms in total. The molecule has 0 bridgehead atoms. The molecule has 22 heavy (non-hydrogen) atoms. The number of carbonyl (C=O) groups is 2. The van der Waals surface area contributed by atoms with Crippen molar-refractivity contribution < 1.29 is 14.0 Å². The van der Waals surface area contributed by atoms with Gasteiger partial charge in [-0.1, -0.05) is 17.7 Å². The second-order valence-corrected chi connectivity index (χ2v) is 5.41. The summed E-state index contributed by atoms with van der Waals surface area (Å²) in [6.07, 6.45) is 0. The predicted molar refractivity (Wildman–Crippen MR) is 84.8 cm³/mol. The maximum Gasteiger partial charge on any atom is 0.258 e. The van der Waals surface area contributed by atoms with Gasteiger partial charge in [-0.25, -0.2) is 4.39 Å². The van der Waals surface area contributed by atoms with E-state index in [0.29, 0.717) is 26.2 Å². The molecule has 8 heteroatoms. The number of nitrogens with two attached hydrogens (primary N) is 1. The third kappa shape index (κ3) is 3.88. The lowest BCUT2D eigenvalue weighted by molar-refractivity contribution is -0.133.